The van der Waals surface area contributed by atoms with Crippen LogP contribution in [0.25, 0.3) is 0 Å². The van der Waals surface area contributed by atoms with Crippen LogP contribution in [-0.2, 0) is 0 Å². The van der Waals surface area contributed by atoms with Crippen LogP contribution in [0.4, 0.5) is 5.82 Å². The third-order valence-electron chi connectivity index (χ3n) is 5.93. The molecule has 1 aromatic heterocycles. The quantitative estimate of drug-likeness (QED) is 0.725. The fourth-order valence-corrected chi connectivity index (χ4v) is 4.24. The Morgan fingerprint density at radius 1 is 1.21 bits per heavy atom. The lowest BCUT2D eigenvalue weighted by atomic mass is 9.89. The van der Waals surface area contributed by atoms with E-state index in [0.29, 0.717) is 35.5 Å². The summed E-state index contributed by atoms with van der Waals surface area (Å²) >= 11 is 0. The fourth-order valence-electron chi connectivity index (χ4n) is 4.24. The van der Waals surface area contributed by atoms with E-state index in [-0.39, 0.29) is 5.78 Å². The zero-order valence-electron chi connectivity index (χ0n) is 17.1. The Labute approximate surface area is 171 Å². The Bertz CT molecular complexity index is 893. The second-order valence-corrected chi connectivity index (χ2v) is 8.16. The second-order valence-electron chi connectivity index (χ2n) is 8.16. The lowest BCUT2D eigenvalue weighted by Gasteiger charge is -2.21. The van der Waals surface area contributed by atoms with Crippen molar-refractivity contribution in [3.8, 4) is 5.75 Å². The summed E-state index contributed by atoms with van der Waals surface area (Å²) in [5.41, 5.74) is 1.34. The number of ether oxygens (including phenoxy) is 1. The van der Waals surface area contributed by atoms with Gasteiger partial charge in [0.2, 0.25) is 5.90 Å². The summed E-state index contributed by atoms with van der Waals surface area (Å²) in [5, 5.41) is 9.68. The molecule has 0 amide bonds. The smallest absolute Gasteiger partial charge is 0.207 e. The average molecular weight is 396 g/mol. The molecule has 4 rings (SSSR count). The summed E-state index contributed by atoms with van der Waals surface area (Å²) in [6.07, 6.45) is 6.93. The molecule has 1 aromatic carbocycles. The van der Waals surface area contributed by atoms with Gasteiger partial charge in [0.25, 0.3) is 0 Å². The molecule has 2 heterocycles. The number of aliphatic imine (C=N–C) groups is 1. The van der Waals surface area contributed by atoms with E-state index in [9.17, 15) is 9.90 Å². The monoisotopic (exact) mass is 395 g/mol. The van der Waals surface area contributed by atoms with E-state index < -0.39 is 12.0 Å². The van der Waals surface area contributed by atoms with Gasteiger partial charge in [0.15, 0.2) is 11.6 Å². The van der Waals surface area contributed by atoms with Crippen molar-refractivity contribution < 1.29 is 14.6 Å². The van der Waals surface area contributed by atoms with Crippen LogP contribution >= 0.6 is 0 Å². The summed E-state index contributed by atoms with van der Waals surface area (Å²) in [6.45, 7) is 3.78. The van der Waals surface area contributed by atoms with Crippen molar-refractivity contribution in [2.75, 3.05) is 0 Å². The number of benzene rings is 1. The Balaban J connectivity index is 1.62. The number of hydrogen-bond donors (Lipinski definition) is 2. The van der Waals surface area contributed by atoms with Gasteiger partial charge in [-0.15, -0.1) is 0 Å². The van der Waals surface area contributed by atoms with Gasteiger partial charge in [0.05, 0.1) is 6.10 Å². The van der Waals surface area contributed by atoms with E-state index in [1.54, 1.807) is 19.1 Å². The van der Waals surface area contributed by atoms with Crippen molar-refractivity contribution >= 4 is 17.5 Å². The summed E-state index contributed by atoms with van der Waals surface area (Å²) < 4.78 is 6.03. The number of H-pyrrole nitrogens is 1. The number of aromatic amines is 1. The number of carbonyl (C=O) groups excluding carboxylic acids is 1. The van der Waals surface area contributed by atoms with Gasteiger partial charge in [-0.1, -0.05) is 44.7 Å². The minimum atomic E-state index is -0.532. The number of fused-ring (bicyclic) bond motifs is 1. The van der Waals surface area contributed by atoms with Crippen LogP contribution in [0.5, 0.6) is 5.75 Å². The van der Waals surface area contributed by atoms with Crippen molar-refractivity contribution in [3.05, 3.63) is 41.3 Å². The highest BCUT2D eigenvalue weighted by Gasteiger charge is 2.36. The first-order valence-electron chi connectivity index (χ1n) is 10.8. The minimum absolute atomic E-state index is 0.0158. The summed E-state index contributed by atoms with van der Waals surface area (Å²) in [5.74, 6) is 2.37. The lowest BCUT2D eigenvalue weighted by molar-refractivity contribution is 0.0935. The topological polar surface area (TPSA) is 87.6 Å². The van der Waals surface area contributed by atoms with Crippen LogP contribution in [0, 0.1) is 5.92 Å². The number of hydrogen-bond acceptors (Lipinski definition) is 5. The Kier molecular flexibility index (Phi) is 5.81. The van der Waals surface area contributed by atoms with Crippen LogP contribution in [0.2, 0.25) is 0 Å². The Hall–Kier alpha value is -2.47. The zero-order chi connectivity index (χ0) is 20.4. The molecule has 1 aliphatic carbocycles. The van der Waals surface area contributed by atoms with E-state index in [0.717, 1.165) is 30.7 Å². The normalized spacial score (nSPS) is 20.9. The van der Waals surface area contributed by atoms with Crippen LogP contribution in [-0.4, -0.2) is 26.8 Å². The first kappa shape index (κ1) is 19.8. The molecule has 1 aliphatic heterocycles. The molecule has 29 heavy (non-hydrogen) atoms. The van der Waals surface area contributed by atoms with Crippen molar-refractivity contribution in [3.63, 3.8) is 0 Å². The number of rotatable bonds is 5. The van der Waals surface area contributed by atoms with Crippen molar-refractivity contribution in [1.82, 2.24) is 9.97 Å². The molecule has 2 aromatic rings. The van der Waals surface area contributed by atoms with E-state index in [4.69, 9.17) is 4.74 Å². The predicted octanol–water partition coefficient (Wildman–Crippen LogP) is 5.23. The van der Waals surface area contributed by atoms with Gasteiger partial charge in [0, 0.05) is 5.92 Å². The Morgan fingerprint density at radius 2 is 1.93 bits per heavy atom. The molecular weight excluding hydrogens is 366 g/mol. The maximum absolute atomic E-state index is 13.2. The highest BCUT2D eigenvalue weighted by molar-refractivity contribution is 6.15. The van der Waals surface area contributed by atoms with Crippen LogP contribution in [0.3, 0.4) is 0 Å². The molecule has 0 spiro atoms. The SMILES string of the molecule is CCCC1C(=O)c2[nH]c(C3CCCCC3)nc2N=C1Oc1ccc(C(C)O)cc1. The van der Waals surface area contributed by atoms with E-state index in [1.807, 2.05) is 12.1 Å². The molecule has 2 atom stereocenters. The Morgan fingerprint density at radius 3 is 2.59 bits per heavy atom. The highest BCUT2D eigenvalue weighted by Crippen LogP contribution is 2.36. The molecular formula is C23H29N3O3. The lowest BCUT2D eigenvalue weighted by Crippen LogP contribution is -2.31. The number of aromatic nitrogens is 2. The van der Waals surface area contributed by atoms with Crippen molar-refractivity contribution in [1.29, 1.82) is 0 Å². The van der Waals surface area contributed by atoms with E-state index in [2.05, 4.69) is 21.9 Å². The molecule has 154 valence electrons. The number of imidazole rings is 1. The molecule has 0 radical (unpaired) electrons. The van der Waals surface area contributed by atoms with Gasteiger partial charge in [-0.3, -0.25) is 4.79 Å². The maximum atomic E-state index is 13.2. The van der Waals surface area contributed by atoms with Gasteiger partial charge in [-0.2, -0.15) is 4.99 Å². The first-order valence-corrected chi connectivity index (χ1v) is 10.8. The standard InChI is InChI=1S/C23H29N3O3/c1-3-7-18-20(28)19-22(25-21(24-19)16-8-5-4-6-9-16)26-23(18)29-17-12-10-15(11-13-17)14(2)27/h10-14,16,18,27H,3-9H2,1-2H3,(H,24,25). The van der Waals surface area contributed by atoms with Gasteiger partial charge in [-0.25, -0.2) is 4.98 Å². The second kappa shape index (κ2) is 8.49. The summed E-state index contributed by atoms with van der Waals surface area (Å²) in [7, 11) is 0. The van der Waals surface area contributed by atoms with Gasteiger partial charge in [-0.05, 0) is 43.9 Å². The van der Waals surface area contributed by atoms with Crippen LogP contribution < -0.4 is 4.74 Å². The largest absolute Gasteiger partial charge is 0.442 e. The molecule has 1 saturated carbocycles. The van der Waals surface area contributed by atoms with Gasteiger partial charge >= 0.3 is 0 Å². The minimum Gasteiger partial charge on any atom is -0.442 e. The number of nitrogens with one attached hydrogen (secondary N) is 1. The third-order valence-corrected chi connectivity index (χ3v) is 5.93. The maximum Gasteiger partial charge on any atom is 0.207 e. The van der Waals surface area contributed by atoms with Crippen molar-refractivity contribution in [2.24, 2.45) is 10.9 Å². The third kappa shape index (κ3) is 4.13. The molecule has 6 nitrogen and oxygen atoms in total. The number of aliphatic hydroxyl groups is 1. The molecule has 1 fully saturated rings. The molecule has 0 bridgehead atoms. The number of aliphatic hydroxyl groups excluding tert-OH is 1. The molecule has 6 heteroatoms. The number of Topliss-reactive ketones (excluding diaryl/α,β-unsaturated/α-hetero) is 1. The zero-order valence-corrected chi connectivity index (χ0v) is 17.1. The van der Waals surface area contributed by atoms with Gasteiger partial charge in [0.1, 0.15) is 23.2 Å². The highest BCUT2D eigenvalue weighted by atomic mass is 16.5. The van der Waals surface area contributed by atoms with Crippen LogP contribution in [0.15, 0.2) is 29.3 Å². The fraction of sp³-hybridized carbons (Fsp3) is 0.522. The molecule has 0 saturated heterocycles. The summed E-state index contributed by atoms with van der Waals surface area (Å²) in [6, 6.07) is 7.24. The molecule has 2 N–H and O–H groups in total. The van der Waals surface area contributed by atoms with Gasteiger partial charge < -0.3 is 14.8 Å². The number of carbonyl (C=O) groups is 1. The number of nitrogens with zero attached hydrogens (tertiary/aromatic N) is 2. The summed E-state index contributed by atoms with van der Waals surface area (Å²) in [4.78, 5) is 25.8. The predicted molar refractivity (Wildman–Crippen MR) is 112 cm³/mol. The molecule has 2 unspecified atom stereocenters. The van der Waals surface area contributed by atoms with Crippen LogP contribution in [0.1, 0.15) is 92.7 Å². The number of ketones is 1. The van der Waals surface area contributed by atoms with E-state index in [1.165, 1.54) is 19.3 Å². The molecule has 2 aliphatic rings. The van der Waals surface area contributed by atoms with E-state index >= 15 is 0 Å². The average Bonchev–Trinajstić information content (AvgIpc) is 3.16. The van der Waals surface area contributed by atoms with Crippen molar-refractivity contribution in [2.45, 2.75) is 70.8 Å². The first-order chi connectivity index (χ1) is 14.1.